The molecule has 80 valence electrons. The molecule has 1 aliphatic rings. The van der Waals surface area contributed by atoms with E-state index in [1.165, 1.54) is 11.8 Å². The Labute approximate surface area is 101 Å². The predicted molar refractivity (Wildman–Crippen MR) is 64.1 cm³/mol. The van der Waals surface area contributed by atoms with Crippen LogP contribution in [0.2, 0.25) is 0 Å². The molecule has 0 saturated heterocycles. The fraction of sp³-hybridized carbons (Fsp3) is 0.364. The number of hydrogen-bond acceptors (Lipinski definition) is 2. The Morgan fingerprint density at radius 3 is 2.47 bits per heavy atom. The molecule has 1 saturated carbocycles. The van der Waals surface area contributed by atoms with E-state index in [4.69, 9.17) is 5.11 Å². The van der Waals surface area contributed by atoms with E-state index < -0.39 is 10.7 Å². The quantitative estimate of drug-likeness (QED) is 0.925. The fourth-order valence-corrected chi connectivity index (χ4v) is 3.17. The molecule has 1 aromatic carbocycles. The van der Waals surface area contributed by atoms with Crippen molar-refractivity contribution in [3.63, 3.8) is 0 Å². The average Bonchev–Trinajstić information content (AvgIpc) is 2.82. The molecule has 0 amide bonds. The van der Waals surface area contributed by atoms with E-state index in [0.29, 0.717) is 0 Å². The summed E-state index contributed by atoms with van der Waals surface area (Å²) in [6.07, 6.45) is 0.767. The van der Waals surface area contributed by atoms with Gasteiger partial charge in [0.25, 0.3) is 0 Å². The van der Waals surface area contributed by atoms with Crippen LogP contribution in [-0.2, 0) is 4.79 Å². The molecule has 2 atom stereocenters. The topological polar surface area (TPSA) is 37.3 Å². The number of aliphatic carboxylic acids is 1. The van der Waals surface area contributed by atoms with Gasteiger partial charge in [0, 0.05) is 9.37 Å². The van der Waals surface area contributed by atoms with Gasteiger partial charge < -0.3 is 5.11 Å². The van der Waals surface area contributed by atoms with Crippen LogP contribution < -0.4 is 0 Å². The Morgan fingerprint density at radius 1 is 1.53 bits per heavy atom. The Hall–Kier alpha value is -0.480. The third-order valence-electron chi connectivity index (χ3n) is 2.72. The van der Waals surface area contributed by atoms with E-state index in [2.05, 4.69) is 15.9 Å². The van der Waals surface area contributed by atoms with Crippen LogP contribution in [0.4, 0.5) is 0 Å². The lowest BCUT2D eigenvalue weighted by Crippen LogP contribution is -2.19. The monoisotopic (exact) mass is 286 g/mol. The highest BCUT2D eigenvalue weighted by molar-refractivity contribution is 9.10. The summed E-state index contributed by atoms with van der Waals surface area (Å²) in [5.41, 5.74) is 0. The summed E-state index contributed by atoms with van der Waals surface area (Å²) in [4.78, 5) is 12.2. The van der Waals surface area contributed by atoms with E-state index in [-0.39, 0.29) is 5.92 Å². The molecule has 0 heterocycles. The maximum absolute atomic E-state index is 11.1. The summed E-state index contributed by atoms with van der Waals surface area (Å²) in [6.45, 7) is 1.99. The van der Waals surface area contributed by atoms with E-state index in [0.717, 1.165) is 15.8 Å². The standard InChI is InChI=1S/C11H11BrO2S/c1-7-6-11(7,10(13)14)15-9-4-2-8(12)3-5-9/h2-5,7H,6H2,1H3,(H,13,14). The Kier molecular flexibility index (Phi) is 2.81. The van der Waals surface area contributed by atoms with Crippen LogP contribution >= 0.6 is 27.7 Å². The number of carbonyl (C=O) groups is 1. The molecule has 0 aromatic heterocycles. The molecule has 15 heavy (non-hydrogen) atoms. The molecule has 2 nitrogen and oxygen atoms in total. The molecule has 0 bridgehead atoms. The molecule has 2 unspecified atom stereocenters. The van der Waals surface area contributed by atoms with Crippen LogP contribution in [0.3, 0.4) is 0 Å². The number of benzene rings is 1. The first-order chi connectivity index (χ1) is 7.04. The number of hydrogen-bond donors (Lipinski definition) is 1. The van der Waals surface area contributed by atoms with Crippen LogP contribution in [0.1, 0.15) is 13.3 Å². The van der Waals surface area contributed by atoms with Gasteiger partial charge in [-0.15, -0.1) is 11.8 Å². The minimum absolute atomic E-state index is 0.267. The molecule has 1 N–H and O–H groups in total. The summed E-state index contributed by atoms with van der Waals surface area (Å²) in [6, 6.07) is 7.77. The van der Waals surface area contributed by atoms with Crippen LogP contribution in [0.5, 0.6) is 0 Å². The van der Waals surface area contributed by atoms with Crippen molar-refractivity contribution in [1.29, 1.82) is 0 Å². The van der Waals surface area contributed by atoms with Gasteiger partial charge in [0.1, 0.15) is 4.75 Å². The lowest BCUT2D eigenvalue weighted by molar-refractivity contribution is -0.137. The number of carboxylic acids is 1. The van der Waals surface area contributed by atoms with Gasteiger partial charge in [-0.05, 0) is 36.6 Å². The first-order valence-corrected chi connectivity index (χ1v) is 6.33. The predicted octanol–water partition coefficient (Wildman–Crippen LogP) is 3.40. The SMILES string of the molecule is CC1CC1(Sc1ccc(Br)cc1)C(=O)O. The normalized spacial score (nSPS) is 28.8. The molecular weight excluding hydrogens is 276 g/mol. The van der Waals surface area contributed by atoms with Gasteiger partial charge in [0.05, 0.1) is 0 Å². The van der Waals surface area contributed by atoms with Crippen molar-refractivity contribution < 1.29 is 9.90 Å². The van der Waals surface area contributed by atoms with Gasteiger partial charge in [-0.2, -0.15) is 0 Å². The van der Waals surface area contributed by atoms with Crippen LogP contribution in [-0.4, -0.2) is 15.8 Å². The maximum Gasteiger partial charge on any atom is 0.320 e. The summed E-state index contributed by atoms with van der Waals surface area (Å²) in [5, 5.41) is 9.16. The van der Waals surface area contributed by atoms with Crippen molar-refractivity contribution in [3.05, 3.63) is 28.7 Å². The van der Waals surface area contributed by atoms with Gasteiger partial charge in [-0.25, -0.2) is 0 Å². The Morgan fingerprint density at radius 2 is 2.07 bits per heavy atom. The minimum atomic E-state index is -0.692. The minimum Gasteiger partial charge on any atom is -0.480 e. The van der Waals surface area contributed by atoms with Gasteiger partial charge in [-0.3, -0.25) is 4.79 Å². The molecule has 0 radical (unpaired) electrons. The highest BCUT2D eigenvalue weighted by Gasteiger charge is 2.58. The summed E-state index contributed by atoms with van der Waals surface area (Å²) < 4.78 is 0.438. The molecule has 1 fully saturated rings. The molecule has 1 aromatic rings. The zero-order chi connectivity index (χ0) is 11.1. The van der Waals surface area contributed by atoms with E-state index in [1.54, 1.807) is 0 Å². The van der Waals surface area contributed by atoms with Crippen molar-refractivity contribution in [2.75, 3.05) is 0 Å². The first-order valence-electron chi connectivity index (χ1n) is 4.72. The smallest absolute Gasteiger partial charge is 0.320 e. The molecule has 1 aliphatic carbocycles. The zero-order valence-electron chi connectivity index (χ0n) is 8.24. The second-order valence-corrected chi connectivity index (χ2v) is 6.18. The Balaban J connectivity index is 2.15. The summed E-state index contributed by atoms with van der Waals surface area (Å²) in [7, 11) is 0. The van der Waals surface area contributed by atoms with Crippen molar-refractivity contribution in [1.82, 2.24) is 0 Å². The van der Waals surface area contributed by atoms with Crippen LogP contribution in [0.15, 0.2) is 33.6 Å². The van der Waals surface area contributed by atoms with Gasteiger partial charge >= 0.3 is 5.97 Å². The summed E-state index contributed by atoms with van der Waals surface area (Å²) in [5.74, 6) is -0.424. The lowest BCUT2D eigenvalue weighted by atomic mass is 10.3. The molecule has 0 aliphatic heterocycles. The van der Waals surface area contributed by atoms with Crippen molar-refractivity contribution >= 4 is 33.7 Å². The molecule has 4 heteroatoms. The average molecular weight is 287 g/mol. The van der Waals surface area contributed by atoms with E-state index in [9.17, 15) is 4.79 Å². The maximum atomic E-state index is 11.1. The van der Waals surface area contributed by atoms with Crippen LogP contribution in [0.25, 0.3) is 0 Å². The highest BCUT2D eigenvalue weighted by Crippen LogP contribution is 2.56. The number of rotatable bonds is 3. The van der Waals surface area contributed by atoms with Crippen molar-refractivity contribution in [2.45, 2.75) is 23.0 Å². The summed E-state index contributed by atoms with van der Waals surface area (Å²) >= 11 is 4.82. The second-order valence-electron chi connectivity index (χ2n) is 3.86. The van der Waals surface area contributed by atoms with Crippen LogP contribution in [0, 0.1) is 5.92 Å². The Bertz CT molecular complexity index is 390. The third-order valence-corrected chi connectivity index (χ3v) is 4.87. The molecule has 2 rings (SSSR count). The van der Waals surface area contributed by atoms with E-state index in [1.807, 2.05) is 31.2 Å². The van der Waals surface area contributed by atoms with Gasteiger partial charge in [-0.1, -0.05) is 22.9 Å². The first kappa shape index (κ1) is 11.0. The van der Waals surface area contributed by atoms with Crippen molar-refractivity contribution in [3.8, 4) is 0 Å². The molecule has 0 spiro atoms. The third kappa shape index (κ3) is 2.06. The lowest BCUT2D eigenvalue weighted by Gasteiger charge is -2.10. The fourth-order valence-electron chi connectivity index (χ4n) is 1.59. The second kappa shape index (κ2) is 3.83. The van der Waals surface area contributed by atoms with Gasteiger partial charge in [0.15, 0.2) is 0 Å². The largest absolute Gasteiger partial charge is 0.480 e. The van der Waals surface area contributed by atoms with Crippen molar-refractivity contribution in [2.24, 2.45) is 5.92 Å². The number of thioether (sulfide) groups is 1. The number of halogens is 1. The van der Waals surface area contributed by atoms with Gasteiger partial charge in [0.2, 0.25) is 0 Å². The molecular formula is C11H11BrO2S. The number of carboxylic acid groups (broad SMARTS) is 1. The van der Waals surface area contributed by atoms with E-state index >= 15 is 0 Å². The highest BCUT2D eigenvalue weighted by atomic mass is 79.9. The zero-order valence-corrected chi connectivity index (χ0v) is 10.6.